The number of benzene rings is 2. The summed E-state index contributed by atoms with van der Waals surface area (Å²) >= 11 is 0. The van der Waals surface area contributed by atoms with Gasteiger partial charge in [0.1, 0.15) is 11.4 Å². The Kier molecular flexibility index (Phi) is 5.43. The Balaban J connectivity index is 1.77. The molecule has 0 atom stereocenters. The molecule has 6 nitrogen and oxygen atoms in total. The monoisotopic (exact) mass is 348 g/mol. The second-order valence-electron chi connectivity index (χ2n) is 5.64. The molecule has 26 heavy (non-hydrogen) atoms. The zero-order valence-electron chi connectivity index (χ0n) is 14.7. The van der Waals surface area contributed by atoms with Crippen molar-refractivity contribution in [1.82, 2.24) is 9.97 Å². The molecule has 0 radical (unpaired) electrons. The predicted molar refractivity (Wildman–Crippen MR) is 102 cm³/mol. The van der Waals surface area contributed by atoms with Crippen molar-refractivity contribution < 1.29 is 9.53 Å². The molecule has 3 aromatic rings. The third kappa shape index (κ3) is 4.36. The molecule has 0 saturated heterocycles. The maximum Gasteiger partial charge on any atom is 0.274 e. The van der Waals surface area contributed by atoms with Crippen molar-refractivity contribution in [3.05, 3.63) is 72.1 Å². The van der Waals surface area contributed by atoms with Crippen LogP contribution in [0.5, 0.6) is 5.75 Å². The van der Waals surface area contributed by atoms with Gasteiger partial charge in [0.05, 0.1) is 12.3 Å². The molecule has 0 fully saturated rings. The van der Waals surface area contributed by atoms with E-state index in [1.54, 1.807) is 12.3 Å². The van der Waals surface area contributed by atoms with Crippen LogP contribution < -0.4 is 15.4 Å². The minimum absolute atomic E-state index is 0.276. The quantitative estimate of drug-likeness (QED) is 0.699. The summed E-state index contributed by atoms with van der Waals surface area (Å²) in [6.45, 7) is 4.44. The van der Waals surface area contributed by atoms with Crippen molar-refractivity contribution in [2.45, 2.75) is 13.8 Å². The average molecular weight is 348 g/mol. The number of carbonyl (C=O) groups is 1. The van der Waals surface area contributed by atoms with Gasteiger partial charge in [-0.05, 0) is 49.7 Å². The third-order valence-corrected chi connectivity index (χ3v) is 3.60. The first-order valence-corrected chi connectivity index (χ1v) is 8.35. The van der Waals surface area contributed by atoms with Crippen molar-refractivity contribution in [3.63, 3.8) is 0 Å². The van der Waals surface area contributed by atoms with E-state index < -0.39 is 0 Å². The molecule has 0 aliphatic heterocycles. The molecule has 0 aliphatic carbocycles. The zero-order chi connectivity index (χ0) is 18.4. The Morgan fingerprint density at radius 3 is 2.77 bits per heavy atom. The number of para-hydroxylation sites is 2. The van der Waals surface area contributed by atoms with E-state index in [2.05, 4.69) is 20.6 Å². The molecule has 2 N–H and O–H groups in total. The van der Waals surface area contributed by atoms with Gasteiger partial charge in [-0.2, -0.15) is 0 Å². The Morgan fingerprint density at radius 2 is 1.96 bits per heavy atom. The Labute approximate surface area is 152 Å². The highest BCUT2D eigenvalue weighted by Crippen LogP contribution is 2.26. The molecule has 3 rings (SSSR count). The van der Waals surface area contributed by atoms with Gasteiger partial charge in [-0.25, -0.2) is 9.97 Å². The molecule has 132 valence electrons. The first kappa shape index (κ1) is 17.4. The molecule has 0 spiro atoms. The first-order valence-electron chi connectivity index (χ1n) is 8.35. The Hall–Kier alpha value is -3.41. The minimum atomic E-state index is -0.292. The van der Waals surface area contributed by atoms with E-state index in [1.165, 1.54) is 0 Å². The molecule has 1 heterocycles. The Morgan fingerprint density at radius 1 is 1.12 bits per heavy atom. The van der Waals surface area contributed by atoms with Crippen molar-refractivity contribution in [3.8, 4) is 5.75 Å². The summed E-state index contributed by atoms with van der Waals surface area (Å²) in [4.78, 5) is 20.9. The van der Waals surface area contributed by atoms with Crippen LogP contribution in [0.25, 0.3) is 0 Å². The molecule has 2 aromatic carbocycles. The molecule has 6 heteroatoms. The highest BCUT2D eigenvalue weighted by Gasteiger charge is 2.11. The van der Waals surface area contributed by atoms with Crippen LogP contribution in [-0.4, -0.2) is 22.5 Å². The predicted octanol–water partition coefficient (Wildman–Crippen LogP) is 4.18. The van der Waals surface area contributed by atoms with Crippen LogP contribution >= 0.6 is 0 Å². The number of ether oxygens (including phenoxy) is 1. The lowest BCUT2D eigenvalue weighted by molar-refractivity contribution is 0.102. The van der Waals surface area contributed by atoms with Gasteiger partial charge in [-0.3, -0.25) is 4.79 Å². The summed E-state index contributed by atoms with van der Waals surface area (Å²) < 4.78 is 5.58. The fraction of sp³-hybridized carbons (Fsp3) is 0.150. The lowest BCUT2D eigenvalue weighted by Gasteiger charge is -2.11. The number of carbonyl (C=O) groups excluding carboxylic acids is 1. The van der Waals surface area contributed by atoms with Gasteiger partial charge in [0.15, 0.2) is 0 Å². The lowest BCUT2D eigenvalue weighted by atomic mass is 10.2. The Bertz CT molecular complexity index is 912. The fourth-order valence-electron chi connectivity index (χ4n) is 2.44. The maximum atomic E-state index is 12.4. The van der Waals surface area contributed by atoms with Crippen molar-refractivity contribution >= 4 is 23.2 Å². The van der Waals surface area contributed by atoms with E-state index in [1.807, 2.05) is 62.4 Å². The first-order chi connectivity index (χ1) is 12.7. The maximum absolute atomic E-state index is 12.4. The van der Waals surface area contributed by atoms with Crippen LogP contribution in [0.15, 0.2) is 60.8 Å². The molecule has 1 aromatic heterocycles. The number of aryl methyl sites for hydroxylation is 1. The van der Waals surface area contributed by atoms with Crippen LogP contribution in [0.4, 0.5) is 17.3 Å². The van der Waals surface area contributed by atoms with E-state index in [9.17, 15) is 4.79 Å². The highest BCUT2D eigenvalue weighted by atomic mass is 16.5. The van der Waals surface area contributed by atoms with Crippen molar-refractivity contribution in [2.75, 3.05) is 17.2 Å². The summed E-state index contributed by atoms with van der Waals surface area (Å²) in [7, 11) is 0. The van der Waals surface area contributed by atoms with Crippen LogP contribution in [0.1, 0.15) is 23.0 Å². The van der Waals surface area contributed by atoms with Crippen LogP contribution in [0, 0.1) is 6.92 Å². The van der Waals surface area contributed by atoms with Gasteiger partial charge in [-0.1, -0.05) is 24.3 Å². The number of rotatable bonds is 6. The number of nitrogens with one attached hydrogen (secondary N) is 2. The van der Waals surface area contributed by atoms with Gasteiger partial charge >= 0.3 is 0 Å². The number of aromatic nitrogens is 2. The van der Waals surface area contributed by atoms with Crippen molar-refractivity contribution in [1.29, 1.82) is 0 Å². The van der Waals surface area contributed by atoms with Gasteiger partial charge in [0.2, 0.25) is 5.95 Å². The molecule has 0 aliphatic rings. The number of amides is 1. The van der Waals surface area contributed by atoms with Crippen LogP contribution in [-0.2, 0) is 0 Å². The van der Waals surface area contributed by atoms with E-state index in [4.69, 9.17) is 4.74 Å². The zero-order valence-corrected chi connectivity index (χ0v) is 14.7. The van der Waals surface area contributed by atoms with E-state index in [-0.39, 0.29) is 11.6 Å². The highest BCUT2D eigenvalue weighted by molar-refractivity contribution is 6.03. The number of nitrogens with zero attached hydrogens (tertiary/aromatic N) is 2. The normalized spacial score (nSPS) is 10.2. The molecular weight excluding hydrogens is 328 g/mol. The largest absolute Gasteiger partial charge is 0.492 e. The van der Waals surface area contributed by atoms with Crippen molar-refractivity contribution in [2.24, 2.45) is 0 Å². The molecular formula is C20H20N4O2. The van der Waals surface area contributed by atoms with Gasteiger partial charge in [0.25, 0.3) is 5.91 Å². The van der Waals surface area contributed by atoms with Gasteiger partial charge in [-0.15, -0.1) is 0 Å². The molecule has 0 saturated carbocycles. The third-order valence-electron chi connectivity index (χ3n) is 3.60. The van der Waals surface area contributed by atoms with Gasteiger partial charge < -0.3 is 15.4 Å². The smallest absolute Gasteiger partial charge is 0.274 e. The molecule has 0 unspecified atom stereocenters. The SMILES string of the molecule is CCOc1ccccc1Nc1nccc(C(=O)Nc2cccc(C)c2)n1. The van der Waals surface area contributed by atoms with Crippen LogP contribution in [0.3, 0.4) is 0 Å². The standard InChI is InChI=1S/C20H20N4O2/c1-3-26-18-10-5-4-9-16(18)23-20-21-12-11-17(24-20)19(25)22-15-8-6-7-14(2)13-15/h4-13H,3H2,1-2H3,(H,22,25)(H,21,23,24). The summed E-state index contributed by atoms with van der Waals surface area (Å²) in [5.41, 5.74) is 2.81. The minimum Gasteiger partial charge on any atom is -0.492 e. The second kappa shape index (κ2) is 8.11. The summed E-state index contributed by atoms with van der Waals surface area (Å²) in [5, 5.41) is 5.94. The van der Waals surface area contributed by atoms with E-state index >= 15 is 0 Å². The summed E-state index contributed by atoms with van der Waals surface area (Å²) in [5.74, 6) is 0.737. The number of hydrogen-bond donors (Lipinski definition) is 2. The second-order valence-corrected chi connectivity index (χ2v) is 5.64. The van der Waals surface area contributed by atoms with E-state index in [0.717, 1.165) is 16.9 Å². The van der Waals surface area contributed by atoms with E-state index in [0.29, 0.717) is 18.3 Å². The number of hydrogen-bond acceptors (Lipinski definition) is 5. The van der Waals surface area contributed by atoms with Gasteiger partial charge in [0, 0.05) is 11.9 Å². The average Bonchev–Trinajstić information content (AvgIpc) is 2.64. The van der Waals surface area contributed by atoms with Crippen LogP contribution in [0.2, 0.25) is 0 Å². The lowest BCUT2D eigenvalue weighted by Crippen LogP contribution is -2.15. The topological polar surface area (TPSA) is 76.1 Å². The summed E-state index contributed by atoms with van der Waals surface area (Å²) in [6, 6.07) is 16.7. The molecule has 1 amide bonds. The fourth-order valence-corrected chi connectivity index (χ4v) is 2.44. The molecule has 0 bridgehead atoms. The summed E-state index contributed by atoms with van der Waals surface area (Å²) in [6.07, 6.45) is 1.55. The number of anilines is 3.